The van der Waals surface area contributed by atoms with Crippen LogP contribution in [-0.4, -0.2) is 43.6 Å². The molecule has 0 bridgehead atoms. The number of carbonyl (C=O) groups is 3. The minimum atomic E-state index is -0.890. The van der Waals surface area contributed by atoms with Crippen LogP contribution in [0.1, 0.15) is 40.0 Å². The number of rotatable bonds is 5. The van der Waals surface area contributed by atoms with Gasteiger partial charge in [0.15, 0.2) is 0 Å². The van der Waals surface area contributed by atoms with Crippen molar-refractivity contribution in [3.8, 4) is 0 Å². The molecular formula is C21H28O6. The Kier molecular flexibility index (Phi) is 7.13. The van der Waals surface area contributed by atoms with E-state index >= 15 is 0 Å². The third-order valence-corrected chi connectivity index (χ3v) is 5.27. The predicted octanol–water partition coefficient (Wildman–Crippen LogP) is 2.92. The summed E-state index contributed by atoms with van der Waals surface area (Å²) in [6, 6.07) is 0. The van der Waals surface area contributed by atoms with Gasteiger partial charge in [0.2, 0.25) is 0 Å². The highest BCUT2D eigenvalue weighted by Crippen LogP contribution is 2.37. The topological polar surface area (TPSA) is 78.9 Å². The van der Waals surface area contributed by atoms with Crippen LogP contribution in [0.4, 0.5) is 0 Å². The van der Waals surface area contributed by atoms with Gasteiger partial charge in [-0.2, -0.15) is 0 Å². The van der Waals surface area contributed by atoms with Gasteiger partial charge in [-0.15, -0.1) is 0 Å². The van der Waals surface area contributed by atoms with Crippen molar-refractivity contribution in [1.82, 2.24) is 0 Å². The van der Waals surface area contributed by atoms with E-state index < -0.39 is 36.2 Å². The van der Waals surface area contributed by atoms with Crippen LogP contribution in [0.2, 0.25) is 0 Å². The lowest BCUT2D eigenvalue weighted by Crippen LogP contribution is -2.44. The molecule has 0 aromatic carbocycles. The number of carbonyl (C=O) groups excluding carboxylic acids is 3. The van der Waals surface area contributed by atoms with E-state index in [1.807, 2.05) is 19.9 Å². The molecule has 6 nitrogen and oxygen atoms in total. The summed E-state index contributed by atoms with van der Waals surface area (Å²) in [5.41, 5.74) is 1.63. The molecule has 2 aliphatic rings. The van der Waals surface area contributed by atoms with E-state index in [1.165, 1.54) is 7.11 Å². The summed E-state index contributed by atoms with van der Waals surface area (Å²) in [6.45, 7) is 9.46. The van der Waals surface area contributed by atoms with Crippen LogP contribution in [0.3, 0.4) is 0 Å². The average molecular weight is 376 g/mol. The van der Waals surface area contributed by atoms with E-state index in [1.54, 1.807) is 13.0 Å². The monoisotopic (exact) mass is 376 g/mol. The van der Waals surface area contributed by atoms with Gasteiger partial charge < -0.3 is 14.2 Å². The maximum Gasteiger partial charge on any atom is 0.334 e. The molecule has 2 rings (SSSR count). The van der Waals surface area contributed by atoms with Gasteiger partial charge >= 0.3 is 11.9 Å². The zero-order valence-corrected chi connectivity index (χ0v) is 16.4. The zero-order valence-electron chi connectivity index (χ0n) is 16.4. The number of esters is 2. The first-order valence-corrected chi connectivity index (χ1v) is 9.29. The summed E-state index contributed by atoms with van der Waals surface area (Å²) in [7, 11) is 1.45. The fourth-order valence-electron chi connectivity index (χ4n) is 3.39. The maximum absolute atomic E-state index is 12.5. The summed E-state index contributed by atoms with van der Waals surface area (Å²) in [5.74, 6) is -1.86. The molecule has 0 aromatic rings. The Labute approximate surface area is 160 Å². The summed E-state index contributed by atoms with van der Waals surface area (Å²) in [6.07, 6.45) is 4.05. The number of hydrogen-bond donors (Lipinski definition) is 0. The molecule has 1 heterocycles. The molecule has 0 amide bonds. The van der Waals surface area contributed by atoms with Gasteiger partial charge in [0.05, 0.1) is 11.8 Å². The Balaban J connectivity index is 2.54. The first kappa shape index (κ1) is 21.1. The van der Waals surface area contributed by atoms with Crippen LogP contribution in [0.15, 0.2) is 35.5 Å². The summed E-state index contributed by atoms with van der Waals surface area (Å²) >= 11 is 0. The van der Waals surface area contributed by atoms with Crippen molar-refractivity contribution in [2.24, 2.45) is 11.8 Å². The summed E-state index contributed by atoms with van der Waals surface area (Å²) < 4.78 is 16.8. The second kappa shape index (κ2) is 9.13. The Hall–Kier alpha value is -2.21. The molecule has 6 heteroatoms. The van der Waals surface area contributed by atoms with Crippen molar-refractivity contribution >= 4 is 18.2 Å². The highest BCUT2D eigenvalue weighted by Gasteiger charge is 2.48. The number of hydrogen-bond acceptors (Lipinski definition) is 6. The van der Waals surface area contributed by atoms with Gasteiger partial charge in [0.25, 0.3) is 0 Å². The van der Waals surface area contributed by atoms with Gasteiger partial charge in [-0.3, -0.25) is 9.59 Å². The molecule has 0 spiro atoms. The standard InChI is InChI=1S/C21H28O6/c1-6-13(3)20(23)27-19-17-14(4)21(24)26-16(17)10-12(2)8-7-9-15(11-22)18(19)25-5/h9-11,13,16-19H,4,6-8H2,1-3,5H3/b12-10+,15-9?. The predicted molar refractivity (Wildman–Crippen MR) is 99.8 cm³/mol. The third-order valence-electron chi connectivity index (χ3n) is 5.27. The quantitative estimate of drug-likeness (QED) is 0.318. The summed E-state index contributed by atoms with van der Waals surface area (Å²) in [4.78, 5) is 36.4. The average Bonchev–Trinajstić information content (AvgIpc) is 2.92. The van der Waals surface area contributed by atoms with Crippen molar-refractivity contribution < 1.29 is 28.6 Å². The van der Waals surface area contributed by atoms with Gasteiger partial charge in [0, 0.05) is 18.3 Å². The molecule has 1 aliphatic heterocycles. The van der Waals surface area contributed by atoms with Crippen molar-refractivity contribution in [2.45, 2.75) is 58.3 Å². The van der Waals surface area contributed by atoms with E-state index in [4.69, 9.17) is 14.2 Å². The molecule has 0 saturated carbocycles. The fraction of sp³-hybridized carbons (Fsp3) is 0.571. The molecule has 1 fully saturated rings. The minimum absolute atomic E-state index is 0.221. The number of allylic oxidation sites excluding steroid dienone is 2. The molecule has 0 aromatic heterocycles. The first-order valence-electron chi connectivity index (χ1n) is 9.29. The normalized spacial score (nSPS) is 31.7. The van der Waals surface area contributed by atoms with Gasteiger partial charge in [0.1, 0.15) is 24.6 Å². The number of methoxy groups -OCH3 is 1. The maximum atomic E-state index is 12.5. The lowest BCUT2D eigenvalue weighted by Gasteiger charge is -2.33. The number of aldehydes is 1. The molecule has 1 saturated heterocycles. The van der Waals surface area contributed by atoms with Crippen molar-refractivity contribution in [2.75, 3.05) is 7.11 Å². The van der Waals surface area contributed by atoms with E-state index in [2.05, 4.69) is 6.58 Å². The lowest BCUT2D eigenvalue weighted by atomic mass is 9.83. The second-order valence-electron chi connectivity index (χ2n) is 7.16. The van der Waals surface area contributed by atoms with Crippen LogP contribution in [0, 0.1) is 11.8 Å². The molecule has 5 atom stereocenters. The molecule has 1 aliphatic carbocycles. The SMILES string of the molecule is C=C1C(=O)OC2/C=C(\C)CCC=C(C=O)C(OC)C(OC(=O)C(C)CC)C12. The van der Waals surface area contributed by atoms with Crippen LogP contribution >= 0.6 is 0 Å². The third kappa shape index (κ3) is 4.56. The van der Waals surface area contributed by atoms with Crippen molar-refractivity contribution in [3.05, 3.63) is 35.5 Å². The molecule has 27 heavy (non-hydrogen) atoms. The van der Waals surface area contributed by atoms with Crippen LogP contribution < -0.4 is 0 Å². The lowest BCUT2D eigenvalue weighted by molar-refractivity contribution is -0.164. The Morgan fingerprint density at radius 2 is 2.19 bits per heavy atom. The number of fused-ring (bicyclic) bond motifs is 1. The van der Waals surface area contributed by atoms with Crippen LogP contribution in [0.5, 0.6) is 0 Å². The first-order chi connectivity index (χ1) is 12.8. The number of ether oxygens (including phenoxy) is 3. The summed E-state index contributed by atoms with van der Waals surface area (Å²) in [5, 5.41) is 0. The zero-order chi connectivity index (χ0) is 20.1. The van der Waals surface area contributed by atoms with E-state index in [9.17, 15) is 14.4 Å². The van der Waals surface area contributed by atoms with Crippen molar-refractivity contribution in [3.63, 3.8) is 0 Å². The highest BCUT2D eigenvalue weighted by atomic mass is 16.6. The largest absolute Gasteiger partial charge is 0.458 e. The molecule has 5 unspecified atom stereocenters. The smallest absolute Gasteiger partial charge is 0.334 e. The Bertz CT molecular complexity index is 674. The molecule has 0 N–H and O–H groups in total. The fourth-order valence-corrected chi connectivity index (χ4v) is 3.39. The molecular weight excluding hydrogens is 348 g/mol. The van der Waals surface area contributed by atoms with Crippen LogP contribution in [0.25, 0.3) is 0 Å². The van der Waals surface area contributed by atoms with E-state index in [-0.39, 0.29) is 11.5 Å². The van der Waals surface area contributed by atoms with Gasteiger partial charge in [-0.05, 0) is 32.3 Å². The van der Waals surface area contributed by atoms with E-state index in [0.717, 1.165) is 12.0 Å². The highest BCUT2D eigenvalue weighted by molar-refractivity contribution is 5.91. The Morgan fingerprint density at radius 1 is 1.48 bits per heavy atom. The molecule has 148 valence electrons. The van der Waals surface area contributed by atoms with Crippen LogP contribution in [-0.2, 0) is 28.6 Å². The Morgan fingerprint density at radius 3 is 2.78 bits per heavy atom. The van der Waals surface area contributed by atoms with Crippen molar-refractivity contribution in [1.29, 1.82) is 0 Å². The molecule has 0 radical (unpaired) electrons. The van der Waals surface area contributed by atoms with Gasteiger partial charge in [-0.25, -0.2) is 4.79 Å². The minimum Gasteiger partial charge on any atom is -0.458 e. The van der Waals surface area contributed by atoms with E-state index in [0.29, 0.717) is 24.7 Å². The second-order valence-corrected chi connectivity index (χ2v) is 7.16. The van der Waals surface area contributed by atoms with Gasteiger partial charge in [-0.1, -0.05) is 32.1 Å².